The van der Waals surface area contributed by atoms with Gasteiger partial charge in [0, 0.05) is 43.5 Å². The molecule has 5 heterocycles. The number of anilines is 2. The Balaban J connectivity index is 0.921. The van der Waals surface area contributed by atoms with E-state index in [1.807, 2.05) is 6.07 Å². The van der Waals surface area contributed by atoms with Gasteiger partial charge in [0.2, 0.25) is 15.9 Å². The van der Waals surface area contributed by atoms with Crippen LogP contribution in [0.1, 0.15) is 72.9 Å². The lowest BCUT2D eigenvalue weighted by molar-refractivity contribution is -0.134. The van der Waals surface area contributed by atoms with Gasteiger partial charge in [0.25, 0.3) is 0 Å². The van der Waals surface area contributed by atoms with Crippen LogP contribution in [0.2, 0.25) is 0 Å². The molecule has 1 unspecified atom stereocenters. The SMILES string of the molecule is CC(CCc1cc(S(=O)(=O)N2CCC(Nc3ncc(C(F)(F)F)s3)CC2)ccc1C#N)N1CCC(c2ccc3c(N4CCC(=O)NC4=O)n[nH]c3c2)CC1. The zero-order valence-corrected chi connectivity index (χ0v) is 31.2. The Morgan fingerprint density at radius 1 is 1.06 bits per heavy atom. The molecule has 0 saturated carbocycles. The van der Waals surface area contributed by atoms with Crippen molar-refractivity contribution in [3.8, 4) is 6.07 Å². The first-order valence-corrected chi connectivity index (χ1v) is 20.2. The number of nitriles is 1. The standard InChI is InChI=1S/C36H40F3N9O4S2/c1-22(46-13-8-23(9-14-46)25-5-7-29-30(19-25)44-45-33(29)48-17-12-32(49)43-35(48)50)2-3-24-18-28(6-4-26(24)20-40)54(51,52)47-15-10-27(11-16-47)42-34-41-21-31(53-34)36(37,38)39/h4-7,18-19,21-23,27H,2-3,8-17H2,1H3,(H,41,42)(H,44,45)(H,43,49,50). The molecule has 0 spiro atoms. The van der Waals surface area contributed by atoms with Crippen LogP contribution in [0.3, 0.4) is 0 Å². The number of carbonyl (C=O) groups excluding carboxylic acids is 2. The Hall–Kier alpha value is -4.57. The van der Waals surface area contributed by atoms with Crippen LogP contribution in [0.5, 0.6) is 0 Å². The maximum Gasteiger partial charge on any atom is 0.427 e. The summed E-state index contributed by atoms with van der Waals surface area (Å²) in [6.45, 7) is 4.62. The molecule has 0 bridgehead atoms. The van der Waals surface area contributed by atoms with Crippen LogP contribution in [-0.4, -0.2) is 89.6 Å². The van der Waals surface area contributed by atoms with Crippen LogP contribution in [0, 0.1) is 11.3 Å². The van der Waals surface area contributed by atoms with Gasteiger partial charge in [0.1, 0.15) is 4.88 Å². The second kappa shape index (κ2) is 15.3. The van der Waals surface area contributed by atoms with Gasteiger partial charge in [-0.05, 0) is 106 Å². The highest BCUT2D eigenvalue weighted by Crippen LogP contribution is 2.36. The molecule has 7 rings (SSSR count). The number of halogens is 3. The average molecular weight is 784 g/mol. The number of hydrogen-bond donors (Lipinski definition) is 3. The van der Waals surface area contributed by atoms with Gasteiger partial charge in [0.05, 0.1) is 28.2 Å². The molecule has 18 heteroatoms. The fourth-order valence-corrected chi connectivity index (χ4v) is 9.83. The number of piperidine rings is 2. The fraction of sp³-hybridized carbons (Fsp3) is 0.472. The van der Waals surface area contributed by atoms with E-state index in [0.717, 1.165) is 49.5 Å². The van der Waals surface area contributed by atoms with Crippen molar-refractivity contribution in [2.45, 2.75) is 80.9 Å². The number of alkyl halides is 3. The number of nitrogens with zero attached hydrogens (tertiary/aromatic N) is 6. The summed E-state index contributed by atoms with van der Waals surface area (Å²) in [5, 5.41) is 23.6. The molecule has 2 aromatic heterocycles. The van der Waals surface area contributed by atoms with Crippen molar-refractivity contribution in [1.82, 2.24) is 29.7 Å². The number of urea groups is 1. The number of fused-ring (bicyclic) bond motifs is 1. The van der Waals surface area contributed by atoms with E-state index in [-0.39, 0.29) is 54.1 Å². The lowest BCUT2D eigenvalue weighted by Crippen LogP contribution is -2.49. The number of hydrogen-bond acceptors (Lipinski definition) is 10. The molecule has 4 aromatic rings. The number of H-pyrrole nitrogens is 1. The smallest absolute Gasteiger partial charge is 0.359 e. The topological polar surface area (TPSA) is 167 Å². The van der Waals surface area contributed by atoms with E-state index < -0.39 is 27.1 Å². The van der Waals surface area contributed by atoms with Crippen LogP contribution in [0.4, 0.5) is 28.9 Å². The highest BCUT2D eigenvalue weighted by molar-refractivity contribution is 7.89. The van der Waals surface area contributed by atoms with E-state index in [2.05, 4.69) is 55.8 Å². The fourth-order valence-electron chi connectivity index (χ4n) is 7.55. The summed E-state index contributed by atoms with van der Waals surface area (Å²) in [5.74, 6) is 0.560. The number of aryl methyl sites for hydroxylation is 1. The zero-order valence-electron chi connectivity index (χ0n) is 29.5. The van der Waals surface area contributed by atoms with Gasteiger partial charge in [-0.3, -0.25) is 20.1 Å². The first-order valence-electron chi connectivity index (χ1n) is 18.0. The third-order valence-electron chi connectivity index (χ3n) is 10.7. The molecule has 2 aromatic carbocycles. The van der Waals surface area contributed by atoms with Gasteiger partial charge in [-0.2, -0.15) is 27.8 Å². The van der Waals surface area contributed by atoms with Gasteiger partial charge in [0.15, 0.2) is 10.9 Å². The number of likely N-dealkylation sites (tertiary alicyclic amines) is 1. The van der Waals surface area contributed by atoms with Crippen molar-refractivity contribution in [2.75, 3.05) is 42.9 Å². The zero-order chi connectivity index (χ0) is 38.2. The summed E-state index contributed by atoms with van der Waals surface area (Å²) in [6, 6.07) is 12.5. The highest BCUT2D eigenvalue weighted by Gasteiger charge is 2.35. The van der Waals surface area contributed by atoms with Crippen molar-refractivity contribution in [2.24, 2.45) is 0 Å². The Morgan fingerprint density at radius 3 is 2.50 bits per heavy atom. The number of benzene rings is 2. The minimum Gasteiger partial charge on any atom is -0.359 e. The van der Waals surface area contributed by atoms with Crippen molar-refractivity contribution in [1.29, 1.82) is 5.26 Å². The van der Waals surface area contributed by atoms with Crippen LogP contribution in [0.25, 0.3) is 10.9 Å². The van der Waals surface area contributed by atoms with Gasteiger partial charge in [-0.15, -0.1) is 0 Å². The average Bonchev–Trinajstić information content (AvgIpc) is 3.81. The van der Waals surface area contributed by atoms with E-state index >= 15 is 0 Å². The largest absolute Gasteiger partial charge is 0.427 e. The number of imide groups is 1. The highest BCUT2D eigenvalue weighted by atomic mass is 32.2. The number of aromatic amines is 1. The van der Waals surface area contributed by atoms with E-state index in [9.17, 15) is 36.4 Å². The molecule has 286 valence electrons. The Labute approximate surface area is 314 Å². The summed E-state index contributed by atoms with van der Waals surface area (Å²) >= 11 is 0.532. The summed E-state index contributed by atoms with van der Waals surface area (Å²) in [7, 11) is -3.85. The van der Waals surface area contributed by atoms with Gasteiger partial charge >= 0.3 is 12.2 Å². The van der Waals surface area contributed by atoms with Crippen molar-refractivity contribution in [3.63, 3.8) is 0 Å². The van der Waals surface area contributed by atoms with E-state index in [1.54, 1.807) is 12.1 Å². The monoisotopic (exact) mass is 783 g/mol. The predicted molar refractivity (Wildman–Crippen MR) is 197 cm³/mol. The van der Waals surface area contributed by atoms with E-state index in [1.165, 1.54) is 20.8 Å². The number of carbonyl (C=O) groups is 2. The Kier molecular flexibility index (Phi) is 10.7. The second-order valence-electron chi connectivity index (χ2n) is 14.1. The number of amides is 3. The minimum atomic E-state index is -4.46. The number of thiazole rings is 1. The normalized spacial score (nSPS) is 19.2. The first-order chi connectivity index (χ1) is 25.8. The summed E-state index contributed by atoms with van der Waals surface area (Å²) in [4.78, 5) is 31.0. The van der Waals surface area contributed by atoms with Crippen molar-refractivity contribution in [3.05, 3.63) is 64.2 Å². The van der Waals surface area contributed by atoms with Gasteiger partial charge < -0.3 is 10.2 Å². The molecular weight excluding hydrogens is 744 g/mol. The van der Waals surface area contributed by atoms with Crippen LogP contribution < -0.4 is 15.5 Å². The second-order valence-corrected chi connectivity index (χ2v) is 17.1. The molecule has 0 radical (unpaired) electrons. The van der Waals surface area contributed by atoms with Gasteiger partial charge in [-0.25, -0.2) is 18.2 Å². The summed E-state index contributed by atoms with van der Waals surface area (Å²) in [6.07, 6.45) is 0.577. The molecule has 3 fully saturated rings. The lowest BCUT2D eigenvalue weighted by Gasteiger charge is -2.36. The predicted octanol–water partition coefficient (Wildman–Crippen LogP) is 5.82. The third kappa shape index (κ3) is 7.95. The van der Waals surface area contributed by atoms with E-state index in [4.69, 9.17) is 0 Å². The minimum absolute atomic E-state index is 0.127. The third-order valence-corrected chi connectivity index (χ3v) is 13.6. The molecule has 1 atom stereocenters. The van der Waals surface area contributed by atoms with E-state index in [0.29, 0.717) is 53.5 Å². The lowest BCUT2D eigenvalue weighted by atomic mass is 9.88. The molecule has 13 nitrogen and oxygen atoms in total. The van der Waals surface area contributed by atoms with Crippen LogP contribution in [0.15, 0.2) is 47.5 Å². The molecular formula is C36H40F3N9O4S2. The number of sulfonamides is 1. The molecule has 3 aliphatic rings. The summed E-state index contributed by atoms with van der Waals surface area (Å²) < 4.78 is 67.6. The molecule has 3 N–H and O–H groups in total. The molecule has 54 heavy (non-hydrogen) atoms. The molecule has 3 amide bonds. The Morgan fingerprint density at radius 2 is 1.81 bits per heavy atom. The first kappa shape index (κ1) is 37.7. The van der Waals surface area contributed by atoms with Gasteiger partial charge in [-0.1, -0.05) is 17.4 Å². The van der Waals surface area contributed by atoms with Crippen LogP contribution in [-0.2, 0) is 27.4 Å². The molecule has 0 aliphatic carbocycles. The van der Waals surface area contributed by atoms with Crippen molar-refractivity contribution < 1.29 is 31.2 Å². The number of rotatable bonds is 10. The van der Waals surface area contributed by atoms with Crippen molar-refractivity contribution >= 4 is 55.2 Å². The number of nitrogens with one attached hydrogen (secondary N) is 3. The van der Waals surface area contributed by atoms with Crippen LogP contribution >= 0.6 is 11.3 Å². The number of aromatic nitrogens is 3. The molecule has 3 aliphatic heterocycles. The maximum absolute atomic E-state index is 13.7. The Bertz CT molecular complexity index is 2180. The molecule has 3 saturated heterocycles. The summed E-state index contributed by atoms with van der Waals surface area (Å²) in [5.41, 5.74) is 3.15. The maximum atomic E-state index is 13.7. The quantitative estimate of drug-likeness (QED) is 0.180.